The Kier molecular flexibility index (Phi) is 6.40. The largest absolute Gasteiger partial charge is 0.472 e. The smallest absolute Gasteiger partial charge is 0.243 e. The van der Waals surface area contributed by atoms with Crippen molar-refractivity contribution in [3.8, 4) is 5.88 Å². The lowest BCUT2D eigenvalue weighted by Gasteiger charge is -2.24. The van der Waals surface area contributed by atoms with Crippen LogP contribution < -0.4 is 10.1 Å². The number of amides is 1. The Morgan fingerprint density at radius 1 is 1.50 bits per heavy atom. The van der Waals surface area contributed by atoms with Gasteiger partial charge in [0.1, 0.15) is 12.6 Å². The van der Waals surface area contributed by atoms with Crippen LogP contribution in [0.15, 0.2) is 29.4 Å². The summed E-state index contributed by atoms with van der Waals surface area (Å²) in [4.78, 5) is 24.2. The number of carbonyl (C=O) groups excluding carboxylic acids is 1. The molecular weight excluding hydrogens is 306 g/mol. The average molecular weight is 333 g/mol. The highest BCUT2D eigenvalue weighted by atomic mass is 16.5. The van der Waals surface area contributed by atoms with Gasteiger partial charge in [0, 0.05) is 45.4 Å². The van der Waals surface area contributed by atoms with Crippen molar-refractivity contribution in [3.63, 3.8) is 0 Å². The molecule has 24 heavy (non-hydrogen) atoms. The van der Waals surface area contributed by atoms with Crippen molar-refractivity contribution in [2.75, 3.05) is 33.7 Å². The van der Waals surface area contributed by atoms with E-state index < -0.39 is 0 Å². The number of ether oxygens (including phenoxy) is 1. The predicted octanol–water partition coefficient (Wildman–Crippen LogP) is 0.977. The molecule has 0 saturated carbocycles. The molecule has 1 unspecified atom stereocenters. The Balaban J connectivity index is 1.97. The number of pyridine rings is 1. The van der Waals surface area contributed by atoms with E-state index in [9.17, 15) is 4.79 Å². The lowest BCUT2D eigenvalue weighted by Crippen LogP contribution is -2.44. The zero-order chi connectivity index (χ0) is 17.5. The van der Waals surface area contributed by atoms with Crippen LogP contribution in [0, 0.1) is 0 Å². The van der Waals surface area contributed by atoms with Crippen LogP contribution in [0.4, 0.5) is 0 Å². The number of guanidine groups is 1. The Bertz CT molecular complexity index is 559. The number of likely N-dealkylation sites (N-methyl/N-ethyl adjacent to an activating group) is 1. The van der Waals surface area contributed by atoms with Gasteiger partial charge in [0.25, 0.3) is 0 Å². The van der Waals surface area contributed by atoms with Gasteiger partial charge in [-0.3, -0.25) is 4.79 Å². The third kappa shape index (κ3) is 5.40. The van der Waals surface area contributed by atoms with Gasteiger partial charge in [0.2, 0.25) is 11.8 Å². The van der Waals surface area contributed by atoms with E-state index in [-0.39, 0.29) is 24.6 Å². The molecule has 0 radical (unpaired) electrons. The van der Waals surface area contributed by atoms with E-state index >= 15 is 0 Å². The maximum absolute atomic E-state index is 11.8. The number of nitrogens with zero attached hydrogens (tertiary/aromatic N) is 4. The van der Waals surface area contributed by atoms with E-state index in [0.717, 1.165) is 25.5 Å². The molecule has 1 saturated heterocycles. The fraction of sp³-hybridized carbons (Fsp3) is 0.588. The van der Waals surface area contributed by atoms with Crippen LogP contribution in [0.3, 0.4) is 0 Å². The number of aliphatic imine (C=N–C) groups is 1. The zero-order valence-corrected chi connectivity index (χ0v) is 14.9. The maximum Gasteiger partial charge on any atom is 0.243 e. The molecule has 0 aliphatic carbocycles. The van der Waals surface area contributed by atoms with Crippen LogP contribution >= 0.6 is 0 Å². The Morgan fingerprint density at radius 3 is 2.92 bits per heavy atom. The fourth-order valence-electron chi connectivity index (χ4n) is 2.38. The van der Waals surface area contributed by atoms with Gasteiger partial charge in [-0.2, -0.15) is 0 Å². The van der Waals surface area contributed by atoms with E-state index in [1.807, 2.05) is 18.2 Å². The van der Waals surface area contributed by atoms with Crippen molar-refractivity contribution in [1.29, 1.82) is 0 Å². The monoisotopic (exact) mass is 333 g/mol. The minimum absolute atomic E-state index is 0.0152. The standard InChI is InChI=1S/C17H27N5O2/c1-13(2)20-17(19-11-16(23)21(3)4)22-10-8-14(12-22)24-15-7-5-6-9-18-15/h5-7,9,13-14H,8,10-12H2,1-4H3,(H,19,20). The van der Waals surface area contributed by atoms with E-state index in [2.05, 4.69) is 34.0 Å². The van der Waals surface area contributed by atoms with Gasteiger partial charge in [-0.25, -0.2) is 9.98 Å². The van der Waals surface area contributed by atoms with Crippen molar-refractivity contribution in [1.82, 2.24) is 20.1 Å². The normalized spacial score (nSPS) is 18.0. The summed E-state index contributed by atoms with van der Waals surface area (Å²) in [5, 5.41) is 3.33. The highest BCUT2D eigenvalue weighted by molar-refractivity contribution is 5.85. The first-order chi connectivity index (χ1) is 11.5. The maximum atomic E-state index is 11.8. The highest BCUT2D eigenvalue weighted by Crippen LogP contribution is 2.16. The second kappa shape index (κ2) is 8.52. The zero-order valence-electron chi connectivity index (χ0n) is 14.9. The number of aromatic nitrogens is 1. The molecule has 1 aliphatic heterocycles. The number of hydrogen-bond acceptors (Lipinski definition) is 4. The van der Waals surface area contributed by atoms with Crippen LogP contribution in [0.5, 0.6) is 5.88 Å². The molecule has 0 bridgehead atoms. The second-order valence-corrected chi connectivity index (χ2v) is 6.37. The lowest BCUT2D eigenvalue weighted by atomic mass is 10.3. The summed E-state index contributed by atoms with van der Waals surface area (Å²) < 4.78 is 5.91. The molecule has 1 atom stereocenters. The molecule has 1 N–H and O–H groups in total. The van der Waals surface area contributed by atoms with Crippen LogP contribution in [-0.2, 0) is 4.79 Å². The number of likely N-dealkylation sites (tertiary alicyclic amines) is 1. The van der Waals surface area contributed by atoms with Crippen LogP contribution in [-0.4, -0.2) is 72.5 Å². The molecule has 7 heteroatoms. The topological polar surface area (TPSA) is 70.1 Å². The van der Waals surface area contributed by atoms with Crippen molar-refractivity contribution in [2.24, 2.45) is 4.99 Å². The fourth-order valence-corrected chi connectivity index (χ4v) is 2.38. The Labute approximate surface area is 143 Å². The highest BCUT2D eigenvalue weighted by Gasteiger charge is 2.27. The van der Waals surface area contributed by atoms with Gasteiger partial charge in [-0.15, -0.1) is 0 Å². The predicted molar refractivity (Wildman–Crippen MR) is 94.1 cm³/mol. The van der Waals surface area contributed by atoms with Crippen molar-refractivity contribution in [3.05, 3.63) is 24.4 Å². The number of hydrogen-bond donors (Lipinski definition) is 1. The van der Waals surface area contributed by atoms with E-state index in [4.69, 9.17) is 4.74 Å². The summed E-state index contributed by atoms with van der Waals surface area (Å²) >= 11 is 0. The average Bonchev–Trinajstić information content (AvgIpc) is 3.00. The van der Waals surface area contributed by atoms with Gasteiger partial charge in [-0.1, -0.05) is 6.07 Å². The van der Waals surface area contributed by atoms with Crippen molar-refractivity contribution in [2.45, 2.75) is 32.4 Å². The quantitative estimate of drug-likeness (QED) is 0.642. The number of nitrogens with one attached hydrogen (secondary N) is 1. The number of rotatable bonds is 5. The van der Waals surface area contributed by atoms with Gasteiger partial charge in [0.05, 0.1) is 6.54 Å². The third-order valence-electron chi connectivity index (χ3n) is 3.65. The Morgan fingerprint density at radius 2 is 2.29 bits per heavy atom. The molecule has 7 nitrogen and oxygen atoms in total. The second-order valence-electron chi connectivity index (χ2n) is 6.37. The minimum atomic E-state index is -0.0152. The van der Waals surface area contributed by atoms with Crippen molar-refractivity contribution >= 4 is 11.9 Å². The van der Waals surface area contributed by atoms with Gasteiger partial charge < -0.3 is 19.9 Å². The third-order valence-corrected chi connectivity index (χ3v) is 3.65. The molecule has 2 rings (SSSR count). The van der Waals surface area contributed by atoms with Gasteiger partial charge in [0.15, 0.2) is 5.96 Å². The van der Waals surface area contributed by atoms with E-state index in [1.54, 1.807) is 25.2 Å². The molecule has 1 fully saturated rings. The Hall–Kier alpha value is -2.31. The summed E-state index contributed by atoms with van der Waals surface area (Å²) in [5.41, 5.74) is 0. The summed E-state index contributed by atoms with van der Waals surface area (Å²) in [6.07, 6.45) is 2.70. The van der Waals surface area contributed by atoms with Crippen LogP contribution in [0.25, 0.3) is 0 Å². The lowest BCUT2D eigenvalue weighted by molar-refractivity contribution is -0.127. The SMILES string of the molecule is CC(C)NC(=NCC(=O)N(C)C)N1CCC(Oc2ccccn2)C1. The minimum Gasteiger partial charge on any atom is -0.472 e. The summed E-state index contributed by atoms with van der Waals surface area (Å²) in [7, 11) is 3.47. The first-order valence-electron chi connectivity index (χ1n) is 8.29. The molecule has 0 spiro atoms. The van der Waals surface area contributed by atoms with Crippen LogP contribution in [0.1, 0.15) is 20.3 Å². The molecular formula is C17H27N5O2. The molecule has 1 amide bonds. The molecule has 132 valence electrons. The van der Waals surface area contributed by atoms with E-state index in [1.165, 1.54) is 0 Å². The van der Waals surface area contributed by atoms with Gasteiger partial charge >= 0.3 is 0 Å². The van der Waals surface area contributed by atoms with Crippen LogP contribution in [0.2, 0.25) is 0 Å². The molecule has 0 aromatic carbocycles. The summed E-state index contributed by atoms with van der Waals surface area (Å²) in [6, 6.07) is 5.89. The first kappa shape index (κ1) is 18.0. The molecule has 1 aromatic rings. The first-order valence-corrected chi connectivity index (χ1v) is 8.29. The van der Waals surface area contributed by atoms with Gasteiger partial charge in [-0.05, 0) is 19.9 Å². The molecule has 1 aromatic heterocycles. The number of carbonyl (C=O) groups is 1. The molecule has 2 heterocycles. The van der Waals surface area contributed by atoms with E-state index in [0.29, 0.717) is 5.88 Å². The van der Waals surface area contributed by atoms with Crippen molar-refractivity contribution < 1.29 is 9.53 Å². The summed E-state index contributed by atoms with van der Waals surface area (Å²) in [5.74, 6) is 1.38. The summed E-state index contributed by atoms with van der Waals surface area (Å²) in [6.45, 7) is 5.82. The molecule has 1 aliphatic rings.